The van der Waals surface area contributed by atoms with E-state index in [0.717, 1.165) is 19.3 Å². The van der Waals surface area contributed by atoms with Crippen LogP contribution in [0.3, 0.4) is 0 Å². The first-order chi connectivity index (χ1) is 4.34. The van der Waals surface area contributed by atoms with Crippen molar-refractivity contribution in [2.75, 3.05) is 0 Å². The van der Waals surface area contributed by atoms with Crippen molar-refractivity contribution in [1.29, 1.82) is 0 Å². The van der Waals surface area contributed by atoms with Gasteiger partial charge >= 0.3 is 12.4 Å². The minimum absolute atomic E-state index is 0.00944. The Morgan fingerprint density at radius 2 is 2.22 bits per heavy atom. The van der Waals surface area contributed by atoms with Gasteiger partial charge in [0.25, 0.3) is 0 Å². The first-order valence-corrected chi connectivity index (χ1v) is 2.98. The Balaban J connectivity index is 2.23. The van der Waals surface area contributed by atoms with Crippen LogP contribution in [0.5, 0.6) is 0 Å². The highest BCUT2D eigenvalue weighted by atomic mass is 16.6. The number of esters is 1. The zero-order valence-corrected chi connectivity index (χ0v) is 5.00. The molecule has 0 unspecified atom stereocenters. The Morgan fingerprint density at radius 3 is 2.56 bits per heavy atom. The summed E-state index contributed by atoms with van der Waals surface area (Å²) in [5.41, 5.74) is 0. The predicted molar refractivity (Wildman–Crippen MR) is 29.5 cm³/mol. The van der Waals surface area contributed by atoms with Gasteiger partial charge < -0.3 is 4.74 Å². The molecule has 0 amide bonds. The molecule has 1 rings (SSSR count). The molecular formula is C6H8O3. The van der Waals surface area contributed by atoms with Gasteiger partial charge in [-0.05, 0) is 12.8 Å². The van der Waals surface area contributed by atoms with Crippen molar-refractivity contribution in [2.45, 2.75) is 19.3 Å². The summed E-state index contributed by atoms with van der Waals surface area (Å²) >= 11 is 0. The van der Waals surface area contributed by atoms with Gasteiger partial charge in [-0.3, -0.25) is 9.59 Å². The molecule has 1 aliphatic rings. The summed E-state index contributed by atoms with van der Waals surface area (Å²) < 4.78 is 4.13. The minimum Gasteiger partial charge on any atom is -0.395 e. The zero-order valence-electron chi connectivity index (χ0n) is 5.00. The van der Waals surface area contributed by atoms with E-state index in [-0.39, 0.29) is 18.4 Å². The van der Waals surface area contributed by atoms with E-state index in [1.165, 1.54) is 0 Å². The van der Waals surface area contributed by atoms with Gasteiger partial charge in [0, 0.05) is 0 Å². The van der Waals surface area contributed by atoms with E-state index in [9.17, 15) is 9.59 Å². The minimum atomic E-state index is -0.365. The highest BCUT2D eigenvalue weighted by molar-refractivity contribution is 5.79. The molecule has 0 aromatic heterocycles. The Morgan fingerprint density at radius 1 is 1.56 bits per heavy atom. The number of carbonyl (C=O) groups is 2. The van der Waals surface area contributed by atoms with Crippen LogP contribution >= 0.6 is 0 Å². The highest BCUT2D eigenvalue weighted by Gasteiger charge is 2.26. The second kappa shape index (κ2) is 2.62. The van der Waals surface area contributed by atoms with E-state index < -0.39 is 0 Å². The van der Waals surface area contributed by atoms with Gasteiger partial charge in [0.15, 0.2) is 0 Å². The van der Waals surface area contributed by atoms with Gasteiger partial charge in [-0.15, -0.1) is 0 Å². The smallest absolute Gasteiger partial charge is 0.316 e. The monoisotopic (exact) mass is 128 g/mol. The Hall–Kier alpha value is -0.860. The van der Waals surface area contributed by atoms with Crippen LogP contribution in [0.25, 0.3) is 0 Å². The number of hydrogen-bond acceptors (Lipinski definition) is 3. The Bertz CT molecular complexity index is 126. The van der Waals surface area contributed by atoms with E-state index in [2.05, 4.69) is 4.74 Å². The summed E-state index contributed by atoms with van der Waals surface area (Å²) in [6, 6.07) is 0. The lowest BCUT2D eigenvalue weighted by molar-refractivity contribution is -0.157. The first-order valence-electron chi connectivity index (χ1n) is 2.98. The van der Waals surface area contributed by atoms with E-state index in [4.69, 9.17) is 0 Å². The molecule has 0 spiro atoms. The van der Waals surface area contributed by atoms with Gasteiger partial charge in [-0.2, -0.15) is 0 Å². The number of rotatable bonds is 2. The van der Waals surface area contributed by atoms with Crippen molar-refractivity contribution >= 4 is 12.4 Å². The van der Waals surface area contributed by atoms with Crippen molar-refractivity contribution in [2.24, 2.45) is 5.92 Å². The largest absolute Gasteiger partial charge is 0.395 e. The van der Waals surface area contributed by atoms with Crippen molar-refractivity contribution in [3.8, 4) is 0 Å². The standard InChI is InChI=1S/C6H8O3/c7-4-9-6(8)5-2-1-3-5/h4-5H,1-3H2. The van der Waals surface area contributed by atoms with E-state index in [1.54, 1.807) is 0 Å². The molecule has 1 fully saturated rings. The number of carbonyl (C=O) groups excluding carboxylic acids is 2. The lowest BCUT2D eigenvalue weighted by atomic mass is 9.86. The summed E-state index contributed by atoms with van der Waals surface area (Å²) in [6.45, 7) is 0.195. The van der Waals surface area contributed by atoms with E-state index in [1.807, 2.05) is 0 Å². The molecular weight excluding hydrogens is 120 g/mol. The average molecular weight is 128 g/mol. The lowest BCUT2D eigenvalue weighted by Crippen LogP contribution is -2.23. The van der Waals surface area contributed by atoms with Crippen LogP contribution in [0.15, 0.2) is 0 Å². The summed E-state index contributed by atoms with van der Waals surface area (Å²) in [6.07, 6.45) is 2.85. The first kappa shape index (κ1) is 6.26. The third kappa shape index (κ3) is 1.28. The molecule has 0 atom stereocenters. The van der Waals surface area contributed by atoms with Gasteiger partial charge in [-0.1, -0.05) is 6.42 Å². The summed E-state index contributed by atoms with van der Waals surface area (Å²) in [5.74, 6) is -0.355. The number of ether oxygens (including phenoxy) is 1. The topological polar surface area (TPSA) is 43.4 Å². The molecule has 0 heterocycles. The summed E-state index contributed by atoms with van der Waals surface area (Å²) in [5, 5.41) is 0. The van der Waals surface area contributed by atoms with Crippen LogP contribution in [0.2, 0.25) is 0 Å². The highest BCUT2D eigenvalue weighted by Crippen LogP contribution is 2.26. The van der Waals surface area contributed by atoms with Gasteiger partial charge in [-0.25, -0.2) is 0 Å². The second-order valence-electron chi connectivity index (χ2n) is 2.16. The Kier molecular flexibility index (Phi) is 1.82. The average Bonchev–Trinajstić information content (AvgIpc) is 1.60. The van der Waals surface area contributed by atoms with E-state index in [0.29, 0.717) is 0 Å². The normalized spacial score (nSPS) is 18.2. The predicted octanol–water partition coefficient (Wildman–Crippen LogP) is 0.486. The van der Waals surface area contributed by atoms with Gasteiger partial charge in [0.1, 0.15) is 0 Å². The summed E-state index contributed by atoms with van der Waals surface area (Å²) in [7, 11) is 0. The van der Waals surface area contributed by atoms with Gasteiger partial charge in [0.05, 0.1) is 5.92 Å². The fourth-order valence-corrected chi connectivity index (χ4v) is 0.788. The maximum absolute atomic E-state index is 10.6. The van der Waals surface area contributed by atoms with Crippen LogP contribution in [0.1, 0.15) is 19.3 Å². The lowest BCUT2D eigenvalue weighted by Gasteiger charge is -2.21. The van der Waals surface area contributed by atoms with Gasteiger partial charge in [0.2, 0.25) is 0 Å². The molecule has 3 nitrogen and oxygen atoms in total. The molecule has 1 aliphatic carbocycles. The molecule has 9 heavy (non-hydrogen) atoms. The number of hydrogen-bond donors (Lipinski definition) is 0. The van der Waals surface area contributed by atoms with Crippen molar-refractivity contribution in [3.05, 3.63) is 0 Å². The van der Waals surface area contributed by atoms with Crippen LogP contribution in [-0.4, -0.2) is 12.4 Å². The van der Waals surface area contributed by atoms with Crippen LogP contribution in [0, 0.1) is 5.92 Å². The quantitative estimate of drug-likeness (QED) is 0.309. The molecule has 0 aromatic rings. The maximum atomic E-state index is 10.6. The second-order valence-corrected chi connectivity index (χ2v) is 2.16. The molecule has 0 N–H and O–H groups in total. The molecule has 0 aliphatic heterocycles. The third-order valence-electron chi connectivity index (χ3n) is 1.60. The summed E-state index contributed by atoms with van der Waals surface area (Å²) in [4.78, 5) is 20.2. The molecule has 1 saturated carbocycles. The molecule has 3 heteroatoms. The Labute approximate surface area is 53.0 Å². The van der Waals surface area contributed by atoms with Crippen molar-refractivity contribution in [1.82, 2.24) is 0 Å². The zero-order chi connectivity index (χ0) is 6.69. The van der Waals surface area contributed by atoms with Crippen LogP contribution in [-0.2, 0) is 14.3 Å². The fourth-order valence-electron chi connectivity index (χ4n) is 0.788. The molecule has 0 saturated heterocycles. The third-order valence-corrected chi connectivity index (χ3v) is 1.60. The van der Waals surface area contributed by atoms with Crippen LogP contribution in [0.4, 0.5) is 0 Å². The SMILES string of the molecule is O=COC(=O)C1CCC1. The molecule has 0 aromatic carbocycles. The van der Waals surface area contributed by atoms with Crippen molar-refractivity contribution in [3.63, 3.8) is 0 Å². The molecule has 50 valence electrons. The molecule has 0 bridgehead atoms. The fraction of sp³-hybridized carbons (Fsp3) is 0.667. The van der Waals surface area contributed by atoms with Crippen LogP contribution < -0.4 is 0 Å². The van der Waals surface area contributed by atoms with E-state index >= 15 is 0 Å². The maximum Gasteiger partial charge on any atom is 0.316 e. The molecule has 0 radical (unpaired) electrons. The van der Waals surface area contributed by atoms with Crippen molar-refractivity contribution < 1.29 is 14.3 Å².